The van der Waals surface area contributed by atoms with Gasteiger partial charge in [0.15, 0.2) is 0 Å². The molecule has 0 bridgehead atoms. The minimum Gasteiger partial charge on any atom is -0.326 e. The summed E-state index contributed by atoms with van der Waals surface area (Å²) in [6.07, 6.45) is 1.36. The van der Waals surface area contributed by atoms with Crippen molar-refractivity contribution in [3.05, 3.63) is 0 Å². The van der Waals surface area contributed by atoms with Crippen molar-refractivity contribution in [1.29, 1.82) is 0 Å². The summed E-state index contributed by atoms with van der Waals surface area (Å²) < 4.78 is 1.23. The standard InChI is InChI=1S/C10H24N/c1-6-11(5,7-2)9-8-10(3)4/h10H,6-9H2,1-5H3/q+1. The van der Waals surface area contributed by atoms with Gasteiger partial charge in [0, 0.05) is 0 Å². The topological polar surface area (TPSA) is 0 Å². The van der Waals surface area contributed by atoms with E-state index in [0.29, 0.717) is 0 Å². The number of hydrogen-bond donors (Lipinski definition) is 0. The Morgan fingerprint density at radius 1 is 1.09 bits per heavy atom. The van der Waals surface area contributed by atoms with Crippen LogP contribution in [0.5, 0.6) is 0 Å². The third-order valence-electron chi connectivity index (χ3n) is 2.77. The Morgan fingerprint density at radius 3 is 1.82 bits per heavy atom. The molecule has 0 fully saturated rings. The molecule has 1 nitrogen and oxygen atoms in total. The average molecular weight is 158 g/mol. The van der Waals surface area contributed by atoms with Crippen LogP contribution >= 0.6 is 0 Å². The van der Waals surface area contributed by atoms with Crippen LogP contribution in [0.25, 0.3) is 0 Å². The monoisotopic (exact) mass is 158 g/mol. The van der Waals surface area contributed by atoms with Crippen molar-refractivity contribution in [1.82, 2.24) is 0 Å². The van der Waals surface area contributed by atoms with Gasteiger partial charge in [0.1, 0.15) is 0 Å². The quantitative estimate of drug-likeness (QED) is 0.539. The molecule has 0 aromatic heterocycles. The summed E-state index contributed by atoms with van der Waals surface area (Å²) in [5.74, 6) is 0.852. The first-order valence-electron chi connectivity index (χ1n) is 4.87. The predicted octanol–water partition coefficient (Wildman–Crippen LogP) is 2.52. The molecule has 0 aliphatic heterocycles. The van der Waals surface area contributed by atoms with Crippen molar-refractivity contribution in [3.63, 3.8) is 0 Å². The van der Waals surface area contributed by atoms with Gasteiger partial charge in [-0.3, -0.25) is 0 Å². The van der Waals surface area contributed by atoms with Crippen molar-refractivity contribution in [2.45, 2.75) is 34.1 Å². The van der Waals surface area contributed by atoms with Crippen LogP contribution in [0.4, 0.5) is 0 Å². The SMILES string of the molecule is CC[N+](C)(CC)CCC(C)C. The van der Waals surface area contributed by atoms with Gasteiger partial charge >= 0.3 is 0 Å². The molecule has 0 aromatic rings. The van der Waals surface area contributed by atoms with E-state index in [9.17, 15) is 0 Å². The maximum absolute atomic E-state index is 2.35. The van der Waals surface area contributed by atoms with Crippen molar-refractivity contribution >= 4 is 0 Å². The molecule has 11 heavy (non-hydrogen) atoms. The summed E-state index contributed by atoms with van der Waals surface area (Å²) in [5.41, 5.74) is 0. The Kier molecular flexibility index (Phi) is 4.74. The van der Waals surface area contributed by atoms with E-state index >= 15 is 0 Å². The third kappa shape index (κ3) is 4.41. The van der Waals surface area contributed by atoms with Gasteiger partial charge in [0.05, 0.1) is 26.7 Å². The number of nitrogens with zero attached hydrogens (tertiary/aromatic N) is 1. The summed E-state index contributed by atoms with van der Waals surface area (Å²) in [5, 5.41) is 0. The van der Waals surface area contributed by atoms with E-state index < -0.39 is 0 Å². The largest absolute Gasteiger partial charge is 0.326 e. The zero-order valence-electron chi connectivity index (χ0n) is 8.85. The lowest BCUT2D eigenvalue weighted by Gasteiger charge is -2.32. The van der Waals surface area contributed by atoms with E-state index in [1.54, 1.807) is 0 Å². The predicted molar refractivity (Wildman–Crippen MR) is 51.6 cm³/mol. The molecule has 0 radical (unpaired) electrons. The fourth-order valence-corrected chi connectivity index (χ4v) is 1.11. The van der Waals surface area contributed by atoms with E-state index in [4.69, 9.17) is 0 Å². The van der Waals surface area contributed by atoms with E-state index in [2.05, 4.69) is 34.7 Å². The molecular formula is C10H24N+. The van der Waals surface area contributed by atoms with E-state index in [-0.39, 0.29) is 0 Å². The van der Waals surface area contributed by atoms with Gasteiger partial charge in [-0.05, 0) is 26.2 Å². The van der Waals surface area contributed by atoms with Crippen LogP contribution in [0.1, 0.15) is 34.1 Å². The molecule has 0 aliphatic carbocycles. The van der Waals surface area contributed by atoms with Gasteiger partial charge in [-0.1, -0.05) is 13.8 Å². The van der Waals surface area contributed by atoms with E-state index in [1.165, 1.54) is 30.5 Å². The molecule has 0 aliphatic rings. The van der Waals surface area contributed by atoms with Crippen LogP contribution in [0.15, 0.2) is 0 Å². The molecule has 68 valence electrons. The molecule has 0 N–H and O–H groups in total. The van der Waals surface area contributed by atoms with E-state index in [0.717, 1.165) is 5.92 Å². The zero-order chi connectivity index (χ0) is 8.91. The molecular weight excluding hydrogens is 134 g/mol. The molecule has 0 spiro atoms. The number of hydrogen-bond acceptors (Lipinski definition) is 0. The summed E-state index contributed by atoms with van der Waals surface area (Å²) in [6.45, 7) is 13.0. The maximum Gasteiger partial charge on any atom is 0.0786 e. The van der Waals surface area contributed by atoms with Crippen molar-refractivity contribution in [2.24, 2.45) is 5.92 Å². The van der Waals surface area contributed by atoms with Gasteiger partial charge in [-0.25, -0.2) is 0 Å². The molecule has 0 heterocycles. The Hall–Kier alpha value is -0.0400. The highest BCUT2D eigenvalue weighted by molar-refractivity contribution is 4.43. The first kappa shape index (κ1) is 11.0. The Labute approximate surface area is 72.0 Å². The van der Waals surface area contributed by atoms with Crippen molar-refractivity contribution in [3.8, 4) is 0 Å². The number of rotatable bonds is 5. The number of quaternary nitrogens is 1. The fraction of sp³-hybridized carbons (Fsp3) is 1.00. The summed E-state index contributed by atoms with van der Waals surface area (Å²) >= 11 is 0. The lowest BCUT2D eigenvalue weighted by Crippen LogP contribution is -2.44. The van der Waals surface area contributed by atoms with Gasteiger partial charge in [0.25, 0.3) is 0 Å². The maximum atomic E-state index is 2.35. The van der Waals surface area contributed by atoms with Gasteiger partial charge in [-0.2, -0.15) is 0 Å². The van der Waals surface area contributed by atoms with Crippen LogP contribution in [0, 0.1) is 5.92 Å². The molecule has 0 atom stereocenters. The third-order valence-corrected chi connectivity index (χ3v) is 2.77. The highest BCUT2D eigenvalue weighted by atomic mass is 15.3. The van der Waals surface area contributed by atoms with Crippen LogP contribution in [-0.4, -0.2) is 31.2 Å². The van der Waals surface area contributed by atoms with Crippen molar-refractivity contribution < 1.29 is 4.48 Å². The molecule has 0 aromatic carbocycles. The van der Waals surface area contributed by atoms with Crippen LogP contribution in [-0.2, 0) is 0 Å². The van der Waals surface area contributed by atoms with Gasteiger partial charge < -0.3 is 4.48 Å². The summed E-state index contributed by atoms with van der Waals surface area (Å²) in [4.78, 5) is 0. The van der Waals surface area contributed by atoms with Crippen molar-refractivity contribution in [2.75, 3.05) is 26.7 Å². The zero-order valence-corrected chi connectivity index (χ0v) is 8.85. The molecule has 0 saturated carbocycles. The fourth-order valence-electron chi connectivity index (χ4n) is 1.11. The Bertz CT molecular complexity index is 93.0. The average Bonchev–Trinajstić information content (AvgIpc) is 2.00. The molecule has 0 rings (SSSR count). The molecule has 0 amide bonds. The molecule has 1 heteroatoms. The van der Waals surface area contributed by atoms with Gasteiger partial charge in [0.2, 0.25) is 0 Å². The van der Waals surface area contributed by atoms with Gasteiger partial charge in [-0.15, -0.1) is 0 Å². The molecule has 0 saturated heterocycles. The first-order chi connectivity index (χ1) is 5.04. The smallest absolute Gasteiger partial charge is 0.0786 e. The van der Waals surface area contributed by atoms with Crippen LogP contribution < -0.4 is 0 Å². The highest BCUT2D eigenvalue weighted by Gasteiger charge is 2.15. The second kappa shape index (κ2) is 4.76. The Morgan fingerprint density at radius 2 is 1.55 bits per heavy atom. The van der Waals surface area contributed by atoms with E-state index in [1.807, 2.05) is 0 Å². The highest BCUT2D eigenvalue weighted by Crippen LogP contribution is 2.07. The lowest BCUT2D eigenvalue weighted by atomic mass is 10.1. The second-order valence-corrected chi connectivity index (χ2v) is 4.16. The second-order valence-electron chi connectivity index (χ2n) is 4.16. The molecule has 0 unspecified atom stereocenters. The van der Waals surface area contributed by atoms with Crippen LogP contribution in [0.3, 0.4) is 0 Å². The normalized spacial score (nSPS) is 12.5. The minimum atomic E-state index is 0.852. The van der Waals surface area contributed by atoms with Crippen LogP contribution in [0.2, 0.25) is 0 Å². The lowest BCUT2D eigenvalue weighted by molar-refractivity contribution is -0.906. The summed E-state index contributed by atoms with van der Waals surface area (Å²) in [7, 11) is 2.35. The summed E-state index contributed by atoms with van der Waals surface area (Å²) in [6, 6.07) is 0. The minimum absolute atomic E-state index is 0.852. The Balaban J connectivity index is 3.69. The first-order valence-corrected chi connectivity index (χ1v) is 4.87.